The van der Waals surface area contributed by atoms with Crippen LogP contribution in [0.2, 0.25) is 0 Å². The van der Waals surface area contributed by atoms with Crippen molar-refractivity contribution in [1.29, 1.82) is 0 Å². The molecule has 0 atom stereocenters. The van der Waals surface area contributed by atoms with Crippen LogP contribution in [0.5, 0.6) is 17.2 Å². The maximum Gasteiger partial charge on any atom is 0.191 e. The van der Waals surface area contributed by atoms with Crippen LogP contribution in [-0.4, -0.2) is 33.3 Å². The van der Waals surface area contributed by atoms with Crippen molar-refractivity contribution >= 4 is 5.96 Å². The van der Waals surface area contributed by atoms with E-state index >= 15 is 0 Å². The molecule has 2 N–H and O–H groups in total. The fourth-order valence-corrected chi connectivity index (χ4v) is 2.60. The van der Waals surface area contributed by atoms with E-state index in [1.807, 2.05) is 38.1 Å². The molecule has 0 spiro atoms. The summed E-state index contributed by atoms with van der Waals surface area (Å²) in [5.41, 5.74) is 1.74. The number of rotatable bonds is 9. The Balaban J connectivity index is 2.05. The normalized spacial score (nSPS) is 11.1. The largest absolute Gasteiger partial charge is 0.497 e. The first kappa shape index (κ1) is 21.3. The van der Waals surface area contributed by atoms with Crippen LogP contribution < -0.4 is 24.8 Å². The van der Waals surface area contributed by atoms with Gasteiger partial charge >= 0.3 is 0 Å². The van der Waals surface area contributed by atoms with E-state index in [-0.39, 0.29) is 11.6 Å². The minimum atomic E-state index is -0.379. The van der Waals surface area contributed by atoms with Crippen LogP contribution >= 0.6 is 0 Å². The molecule has 0 unspecified atom stereocenters. The zero-order valence-electron chi connectivity index (χ0n) is 16.8. The van der Waals surface area contributed by atoms with E-state index in [1.54, 1.807) is 20.3 Å². The second kappa shape index (κ2) is 11.0. The van der Waals surface area contributed by atoms with Gasteiger partial charge in [-0.2, -0.15) is 0 Å². The Kier molecular flexibility index (Phi) is 8.39. The number of aliphatic imine (C=N–C) groups is 1. The third-order valence-electron chi connectivity index (χ3n) is 4.00. The molecule has 152 valence electrons. The summed E-state index contributed by atoms with van der Waals surface area (Å²) in [6.07, 6.45) is 0. The first-order valence-corrected chi connectivity index (χ1v) is 9.25. The van der Waals surface area contributed by atoms with E-state index in [1.165, 1.54) is 6.07 Å². The fourth-order valence-electron chi connectivity index (χ4n) is 2.60. The molecule has 0 aromatic heterocycles. The van der Waals surface area contributed by atoms with Gasteiger partial charge in [-0.1, -0.05) is 6.07 Å². The molecule has 0 radical (unpaired) electrons. The van der Waals surface area contributed by atoms with Gasteiger partial charge in [-0.25, -0.2) is 9.38 Å². The highest BCUT2D eigenvalue weighted by Crippen LogP contribution is 2.24. The number of guanidine groups is 1. The van der Waals surface area contributed by atoms with E-state index in [0.717, 1.165) is 22.6 Å². The SMILES string of the molecule is CCNC(=NCc1ccc(OCC)c(F)c1)NCc1ccc(OC)cc1OC. The predicted octanol–water partition coefficient (Wildman–Crippen LogP) is 3.50. The number of benzene rings is 2. The van der Waals surface area contributed by atoms with Crippen molar-refractivity contribution in [3.05, 3.63) is 53.3 Å². The van der Waals surface area contributed by atoms with Crippen LogP contribution in [0.25, 0.3) is 0 Å². The molecule has 28 heavy (non-hydrogen) atoms. The third-order valence-corrected chi connectivity index (χ3v) is 4.00. The van der Waals surface area contributed by atoms with Crippen LogP contribution in [0.1, 0.15) is 25.0 Å². The summed E-state index contributed by atoms with van der Waals surface area (Å²) in [5, 5.41) is 6.45. The molecular formula is C21H28FN3O3. The Hall–Kier alpha value is -2.96. The number of hydrogen-bond acceptors (Lipinski definition) is 4. The van der Waals surface area contributed by atoms with Gasteiger partial charge in [0.2, 0.25) is 0 Å². The smallest absolute Gasteiger partial charge is 0.191 e. The number of halogens is 1. The summed E-state index contributed by atoms with van der Waals surface area (Å²) in [4.78, 5) is 4.53. The number of methoxy groups -OCH3 is 2. The van der Waals surface area contributed by atoms with E-state index in [9.17, 15) is 4.39 Å². The van der Waals surface area contributed by atoms with Gasteiger partial charge in [0.1, 0.15) is 11.5 Å². The average molecular weight is 389 g/mol. The molecule has 0 bridgehead atoms. The highest BCUT2D eigenvalue weighted by atomic mass is 19.1. The molecule has 0 saturated carbocycles. The number of nitrogens with zero attached hydrogens (tertiary/aromatic N) is 1. The van der Waals surface area contributed by atoms with Gasteiger partial charge in [-0.05, 0) is 43.7 Å². The quantitative estimate of drug-likeness (QED) is 0.508. The maximum absolute atomic E-state index is 14.0. The molecule has 0 aliphatic heterocycles. The van der Waals surface area contributed by atoms with Crippen molar-refractivity contribution < 1.29 is 18.6 Å². The Labute approximate surface area is 165 Å². The van der Waals surface area contributed by atoms with Crippen molar-refractivity contribution in [2.45, 2.75) is 26.9 Å². The van der Waals surface area contributed by atoms with E-state index in [4.69, 9.17) is 14.2 Å². The Morgan fingerprint density at radius 2 is 1.82 bits per heavy atom. The summed E-state index contributed by atoms with van der Waals surface area (Å²) >= 11 is 0. The average Bonchev–Trinajstić information content (AvgIpc) is 2.71. The summed E-state index contributed by atoms with van der Waals surface area (Å²) in [6, 6.07) is 10.6. The van der Waals surface area contributed by atoms with Crippen LogP contribution in [0.4, 0.5) is 4.39 Å². The van der Waals surface area contributed by atoms with E-state index < -0.39 is 0 Å². The monoisotopic (exact) mass is 389 g/mol. The maximum atomic E-state index is 14.0. The highest BCUT2D eigenvalue weighted by Gasteiger charge is 2.07. The minimum absolute atomic E-state index is 0.256. The molecule has 2 aromatic carbocycles. The second-order valence-corrected chi connectivity index (χ2v) is 5.92. The summed E-state index contributed by atoms with van der Waals surface area (Å²) in [5.74, 6) is 1.98. The molecular weight excluding hydrogens is 361 g/mol. The molecule has 0 fully saturated rings. The Bertz CT molecular complexity index is 796. The van der Waals surface area contributed by atoms with Gasteiger partial charge < -0.3 is 24.8 Å². The standard InChI is InChI=1S/C21H28FN3O3/c1-5-23-21(24-13-15-7-10-19(28-6-2)18(22)11-15)25-14-16-8-9-17(26-3)12-20(16)27-4/h7-12H,5-6,13-14H2,1-4H3,(H2,23,24,25). The molecule has 2 rings (SSSR count). The molecule has 6 nitrogen and oxygen atoms in total. The molecule has 0 heterocycles. The third kappa shape index (κ3) is 6.04. The van der Waals surface area contributed by atoms with Crippen LogP contribution in [-0.2, 0) is 13.1 Å². The first-order chi connectivity index (χ1) is 13.6. The molecule has 0 aliphatic carbocycles. The molecule has 7 heteroatoms. The summed E-state index contributed by atoms with van der Waals surface area (Å²) in [6.45, 7) is 5.82. The van der Waals surface area contributed by atoms with Crippen molar-refractivity contribution in [3.8, 4) is 17.2 Å². The molecule has 0 aliphatic rings. The van der Waals surface area contributed by atoms with E-state index in [0.29, 0.717) is 32.2 Å². The van der Waals surface area contributed by atoms with Crippen LogP contribution in [0.3, 0.4) is 0 Å². The lowest BCUT2D eigenvalue weighted by atomic mass is 10.2. The highest BCUT2D eigenvalue weighted by molar-refractivity contribution is 5.79. The van der Waals surface area contributed by atoms with Crippen molar-refractivity contribution in [2.75, 3.05) is 27.4 Å². The van der Waals surface area contributed by atoms with Gasteiger partial charge in [0.25, 0.3) is 0 Å². The zero-order valence-corrected chi connectivity index (χ0v) is 16.8. The van der Waals surface area contributed by atoms with Crippen molar-refractivity contribution in [3.63, 3.8) is 0 Å². The van der Waals surface area contributed by atoms with Gasteiger partial charge in [0.05, 0.1) is 27.4 Å². The van der Waals surface area contributed by atoms with Crippen LogP contribution in [0, 0.1) is 5.82 Å². The summed E-state index contributed by atoms with van der Waals surface area (Å²) < 4.78 is 29.9. The van der Waals surface area contributed by atoms with Gasteiger partial charge in [-0.15, -0.1) is 0 Å². The Morgan fingerprint density at radius 3 is 2.46 bits per heavy atom. The lowest BCUT2D eigenvalue weighted by Gasteiger charge is -2.14. The number of hydrogen-bond donors (Lipinski definition) is 2. The Morgan fingerprint density at radius 1 is 1.00 bits per heavy atom. The van der Waals surface area contributed by atoms with Crippen molar-refractivity contribution in [2.24, 2.45) is 4.99 Å². The van der Waals surface area contributed by atoms with Gasteiger partial charge in [-0.3, -0.25) is 0 Å². The van der Waals surface area contributed by atoms with Crippen molar-refractivity contribution in [1.82, 2.24) is 10.6 Å². The van der Waals surface area contributed by atoms with Gasteiger partial charge in [0.15, 0.2) is 17.5 Å². The van der Waals surface area contributed by atoms with Crippen LogP contribution in [0.15, 0.2) is 41.4 Å². The molecule has 0 amide bonds. The lowest BCUT2D eigenvalue weighted by Crippen LogP contribution is -2.36. The number of ether oxygens (including phenoxy) is 3. The zero-order chi connectivity index (χ0) is 20.4. The topological polar surface area (TPSA) is 64.1 Å². The summed E-state index contributed by atoms with van der Waals surface area (Å²) in [7, 11) is 3.24. The lowest BCUT2D eigenvalue weighted by molar-refractivity contribution is 0.321. The second-order valence-electron chi connectivity index (χ2n) is 5.92. The number of nitrogens with one attached hydrogen (secondary N) is 2. The minimum Gasteiger partial charge on any atom is -0.497 e. The first-order valence-electron chi connectivity index (χ1n) is 9.25. The molecule has 2 aromatic rings. The fraction of sp³-hybridized carbons (Fsp3) is 0.381. The van der Waals surface area contributed by atoms with E-state index in [2.05, 4.69) is 15.6 Å². The predicted molar refractivity (Wildman–Crippen MR) is 109 cm³/mol. The molecule has 0 saturated heterocycles. The van der Waals surface area contributed by atoms with Gasteiger partial charge in [0, 0.05) is 24.7 Å².